The summed E-state index contributed by atoms with van der Waals surface area (Å²) in [6.07, 6.45) is 11.7. The van der Waals surface area contributed by atoms with E-state index >= 15 is 0 Å². The van der Waals surface area contributed by atoms with E-state index in [0.29, 0.717) is 12.8 Å². The molecule has 156 valence electrons. The van der Waals surface area contributed by atoms with Crippen molar-refractivity contribution in [2.45, 2.75) is 96.2 Å². The molecule has 1 saturated carbocycles. The van der Waals surface area contributed by atoms with E-state index in [1.807, 2.05) is 19.1 Å². The van der Waals surface area contributed by atoms with Gasteiger partial charge in [-0.15, -0.1) is 0 Å². The van der Waals surface area contributed by atoms with Crippen molar-refractivity contribution in [2.24, 2.45) is 11.8 Å². The normalized spacial score (nSPS) is 25.1. The van der Waals surface area contributed by atoms with Crippen molar-refractivity contribution in [3.05, 3.63) is 12.2 Å². The molecule has 27 heavy (non-hydrogen) atoms. The van der Waals surface area contributed by atoms with Crippen LogP contribution in [-0.4, -0.2) is 40.8 Å². The van der Waals surface area contributed by atoms with E-state index in [0.717, 1.165) is 51.4 Å². The summed E-state index contributed by atoms with van der Waals surface area (Å²) in [6.45, 7) is 3.95. The molecule has 1 aliphatic carbocycles. The Morgan fingerprint density at radius 2 is 1.96 bits per heavy atom. The molecule has 1 aliphatic rings. The van der Waals surface area contributed by atoms with Crippen molar-refractivity contribution in [3.8, 4) is 0 Å². The van der Waals surface area contributed by atoms with Crippen molar-refractivity contribution in [1.82, 2.24) is 0 Å². The first-order chi connectivity index (χ1) is 12.8. The molecule has 4 atom stereocenters. The Hall–Kier alpha value is -1.20. The predicted molar refractivity (Wildman–Crippen MR) is 106 cm³/mol. The number of unbranched alkanes of at least 4 members (excludes halogenated alkanes) is 4. The van der Waals surface area contributed by atoms with Crippen LogP contribution in [0.15, 0.2) is 12.2 Å². The van der Waals surface area contributed by atoms with E-state index < -0.39 is 11.7 Å². The standard InChI is InChI=1S/C22H38O5/c1-4-5-14-22(2,26)15-10-12-18-17(19(23)16-20(18)24)11-8-6-7-9-13-21(25)27-3/h10,12,17-18,20,24,26H,4-9,11,13-16H2,1-3H3/t17?,18?,20?,22-/m1/s1. The summed E-state index contributed by atoms with van der Waals surface area (Å²) >= 11 is 0. The molecule has 0 saturated heterocycles. The van der Waals surface area contributed by atoms with Gasteiger partial charge < -0.3 is 14.9 Å². The van der Waals surface area contributed by atoms with Crippen molar-refractivity contribution in [1.29, 1.82) is 0 Å². The number of aliphatic hydroxyl groups is 2. The van der Waals surface area contributed by atoms with E-state index in [1.165, 1.54) is 7.11 Å². The molecule has 0 amide bonds. The van der Waals surface area contributed by atoms with Crippen LogP contribution < -0.4 is 0 Å². The number of carbonyl (C=O) groups is 2. The van der Waals surface area contributed by atoms with Crippen molar-refractivity contribution in [3.63, 3.8) is 0 Å². The first-order valence-corrected chi connectivity index (χ1v) is 10.5. The van der Waals surface area contributed by atoms with Crippen LogP contribution in [0.1, 0.15) is 84.5 Å². The predicted octanol–water partition coefficient (Wildman–Crippen LogP) is 3.95. The van der Waals surface area contributed by atoms with Crippen LogP contribution in [0.3, 0.4) is 0 Å². The molecule has 0 aromatic heterocycles. The molecule has 0 aromatic rings. The highest BCUT2D eigenvalue weighted by molar-refractivity contribution is 5.84. The molecule has 5 nitrogen and oxygen atoms in total. The van der Waals surface area contributed by atoms with Gasteiger partial charge in [0, 0.05) is 24.7 Å². The van der Waals surface area contributed by atoms with Crippen LogP contribution in [0.5, 0.6) is 0 Å². The number of aliphatic hydroxyl groups excluding tert-OH is 1. The lowest BCUT2D eigenvalue weighted by molar-refractivity contribution is -0.140. The average Bonchev–Trinajstić information content (AvgIpc) is 2.89. The van der Waals surface area contributed by atoms with Gasteiger partial charge in [0.15, 0.2) is 0 Å². The number of rotatable bonds is 13. The van der Waals surface area contributed by atoms with E-state index in [1.54, 1.807) is 0 Å². The average molecular weight is 383 g/mol. The fraction of sp³-hybridized carbons (Fsp3) is 0.818. The smallest absolute Gasteiger partial charge is 0.305 e. The summed E-state index contributed by atoms with van der Waals surface area (Å²) in [5.74, 6) is -0.305. The zero-order valence-corrected chi connectivity index (χ0v) is 17.3. The summed E-state index contributed by atoms with van der Waals surface area (Å²) < 4.78 is 4.62. The number of hydrogen-bond acceptors (Lipinski definition) is 5. The van der Waals surface area contributed by atoms with E-state index in [9.17, 15) is 19.8 Å². The third-order valence-corrected chi connectivity index (χ3v) is 5.59. The molecule has 3 unspecified atom stereocenters. The number of esters is 1. The van der Waals surface area contributed by atoms with Crippen molar-refractivity contribution < 1.29 is 24.5 Å². The second-order valence-electron chi connectivity index (χ2n) is 8.18. The summed E-state index contributed by atoms with van der Waals surface area (Å²) in [6, 6.07) is 0. The molecule has 2 N–H and O–H groups in total. The molecule has 0 spiro atoms. The van der Waals surface area contributed by atoms with Crippen LogP contribution in [0.25, 0.3) is 0 Å². The largest absolute Gasteiger partial charge is 0.469 e. The molecule has 0 bridgehead atoms. The first kappa shape index (κ1) is 23.8. The highest BCUT2D eigenvalue weighted by atomic mass is 16.5. The molecule has 0 aliphatic heterocycles. The maximum Gasteiger partial charge on any atom is 0.305 e. The van der Waals surface area contributed by atoms with Gasteiger partial charge in [0.25, 0.3) is 0 Å². The van der Waals surface area contributed by atoms with E-state index in [-0.39, 0.29) is 30.0 Å². The maximum absolute atomic E-state index is 12.2. The van der Waals surface area contributed by atoms with Gasteiger partial charge in [0.1, 0.15) is 5.78 Å². The second-order valence-corrected chi connectivity index (χ2v) is 8.18. The zero-order valence-electron chi connectivity index (χ0n) is 17.3. The topological polar surface area (TPSA) is 83.8 Å². The van der Waals surface area contributed by atoms with Gasteiger partial charge in [-0.1, -0.05) is 51.2 Å². The fourth-order valence-electron chi connectivity index (χ4n) is 3.82. The summed E-state index contributed by atoms with van der Waals surface area (Å²) in [5.41, 5.74) is -0.727. The monoisotopic (exact) mass is 382 g/mol. The molecule has 5 heteroatoms. The van der Waals surface area contributed by atoms with Crippen molar-refractivity contribution in [2.75, 3.05) is 7.11 Å². The van der Waals surface area contributed by atoms with E-state index in [2.05, 4.69) is 11.7 Å². The van der Waals surface area contributed by atoms with E-state index in [4.69, 9.17) is 0 Å². The number of ether oxygens (including phenoxy) is 1. The van der Waals surface area contributed by atoms with Gasteiger partial charge in [0.2, 0.25) is 0 Å². The third kappa shape index (κ3) is 9.02. The molecular formula is C22H38O5. The minimum Gasteiger partial charge on any atom is -0.469 e. The Morgan fingerprint density at radius 1 is 1.26 bits per heavy atom. The Kier molecular flexibility index (Phi) is 10.9. The Bertz CT molecular complexity index is 483. The Morgan fingerprint density at radius 3 is 2.63 bits per heavy atom. The summed E-state index contributed by atoms with van der Waals surface area (Å²) in [7, 11) is 1.40. The first-order valence-electron chi connectivity index (χ1n) is 10.5. The molecule has 0 radical (unpaired) electrons. The highest BCUT2D eigenvalue weighted by Crippen LogP contribution is 2.34. The number of ketones is 1. The van der Waals surface area contributed by atoms with Gasteiger partial charge in [-0.2, -0.15) is 0 Å². The lowest BCUT2D eigenvalue weighted by atomic mass is 9.87. The number of carbonyl (C=O) groups excluding carboxylic acids is 2. The van der Waals surface area contributed by atoms with Gasteiger partial charge in [-0.3, -0.25) is 9.59 Å². The Labute approximate surface area is 164 Å². The molecule has 0 heterocycles. The zero-order chi connectivity index (χ0) is 20.3. The van der Waals surface area contributed by atoms with Gasteiger partial charge >= 0.3 is 5.97 Å². The minimum absolute atomic E-state index is 0.127. The Balaban J connectivity index is 2.42. The number of hydrogen-bond donors (Lipinski definition) is 2. The molecular weight excluding hydrogens is 344 g/mol. The van der Waals surface area contributed by atoms with Crippen LogP contribution in [0.2, 0.25) is 0 Å². The van der Waals surface area contributed by atoms with Crippen LogP contribution in [-0.2, 0) is 14.3 Å². The van der Waals surface area contributed by atoms with Gasteiger partial charge in [-0.25, -0.2) is 0 Å². The lowest BCUT2D eigenvalue weighted by Crippen LogP contribution is -2.23. The lowest BCUT2D eigenvalue weighted by Gasteiger charge is -2.22. The fourth-order valence-corrected chi connectivity index (χ4v) is 3.82. The number of Topliss-reactive ketones (excluding diaryl/α,β-unsaturated/α-hetero) is 1. The molecule has 1 fully saturated rings. The number of methoxy groups -OCH3 is 1. The second kappa shape index (κ2) is 12.3. The highest BCUT2D eigenvalue weighted by Gasteiger charge is 2.39. The minimum atomic E-state index is -0.727. The van der Waals surface area contributed by atoms with Gasteiger partial charge in [-0.05, 0) is 32.6 Å². The SMILES string of the molecule is CCCC[C@@](C)(O)CC=CC1C(O)CC(=O)C1CCCCCCC(=O)OC. The van der Waals surface area contributed by atoms with Crippen LogP contribution in [0, 0.1) is 11.8 Å². The third-order valence-electron chi connectivity index (χ3n) is 5.59. The molecule has 1 rings (SSSR count). The van der Waals surface area contributed by atoms with Crippen molar-refractivity contribution >= 4 is 11.8 Å². The van der Waals surface area contributed by atoms with Crippen LogP contribution >= 0.6 is 0 Å². The summed E-state index contributed by atoms with van der Waals surface area (Å²) in [5, 5.41) is 20.6. The van der Waals surface area contributed by atoms with Crippen LogP contribution in [0.4, 0.5) is 0 Å². The molecule has 0 aromatic carbocycles. The quantitative estimate of drug-likeness (QED) is 0.286. The maximum atomic E-state index is 12.2. The van der Waals surface area contributed by atoms with Gasteiger partial charge in [0.05, 0.1) is 18.8 Å². The summed E-state index contributed by atoms with van der Waals surface area (Å²) in [4.78, 5) is 23.3.